The van der Waals surface area contributed by atoms with Crippen molar-refractivity contribution in [3.05, 3.63) is 70.6 Å². The van der Waals surface area contributed by atoms with E-state index in [1.807, 2.05) is 32.9 Å². The van der Waals surface area contributed by atoms with Crippen molar-refractivity contribution in [2.45, 2.75) is 45.8 Å². The number of allylic oxidation sites excluding steroid dienone is 2. The minimum absolute atomic E-state index is 0.196. The van der Waals surface area contributed by atoms with Crippen molar-refractivity contribution < 1.29 is 28.6 Å². The van der Waals surface area contributed by atoms with Crippen LogP contribution in [0.3, 0.4) is 0 Å². The van der Waals surface area contributed by atoms with Gasteiger partial charge >= 0.3 is 0 Å². The number of fused-ring (bicyclic) bond motifs is 1. The standard InChI is InChI=1S/C31H38ClN3O6/c1-20(37)23-9-7-21(32)17-25(23)24(11-14-36)29(39-6)19-35(5)27(12-15-41-31(2,3)4)30(38)34-22-8-10-26-28(18-22)40-16-13-33-26/h7-11,14,17-19,27,33H,12-13,15-16H2,1-6H3,(H,34,38)/b24-11-,29-19+. The Labute approximate surface area is 246 Å². The molecule has 0 saturated carbocycles. The van der Waals surface area contributed by atoms with E-state index in [4.69, 9.17) is 25.8 Å². The van der Waals surface area contributed by atoms with Gasteiger partial charge in [-0.05, 0) is 69.7 Å². The summed E-state index contributed by atoms with van der Waals surface area (Å²) >= 11 is 6.25. The van der Waals surface area contributed by atoms with Gasteiger partial charge in [-0.25, -0.2) is 0 Å². The number of ketones is 1. The van der Waals surface area contributed by atoms with Crippen LogP contribution in [0.25, 0.3) is 5.57 Å². The van der Waals surface area contributed by atoms with Gasteiger partial charge in [0.15, 0.2) is 5.78 Å². The molecule has 0 saturated heterocycles. The molecule has 1 amide bonds. The molecule has 9 nitrogen and oxygen atoms in total. The molecule has 41 heavy (non-hydrogen) atoms. The van der Waals surface area contributed by atoms with E-state index in [1.54, 1.807) is 42.4 Å². The molecule has 0 spiro atoms. The quantitative estimate of drug-likeness (QED) is 0.110. The average molecular weight is 584 g/mol. The molecule has 1 aliphatic heterocycles. The zero-order valence-electron chi connectivity index (χ0n) is 24.4. The van der Waals surface area contributed by atoms with E-state index in [0.29, 0.717) is 59.1 Å². The second-order valence-electron chi connectivity index (χ2n) is 10.6. The molecule has 0 aromatic heterocycles. The number of amides is 1. The summed E-state index contributed by atoms with van der Waals surface area (Å²) in [5, 5.41) is 6.64. The highest BCUT2D eigenvalue weighted by Gasteiger charge is 2.25. The van der Waals surface area contributed by atoms with Gasteiger partial charge in [-0.2, -0.15) is 0 Å². The summed E-state index contributed by atoms with van der Waals surface area (Å²) in [6.07, 6.45) is 3.90. The number of aldehydes is 1. The molecule has 1 aliphatic rings. The van der Waals surface area contributed by atoms with Gasteiger partial charge in [-0.3, -0.25) is 14.4 Å². The van der Waals surface area contributed by atoms with Gasteiger partial charge in [0.1, 0.15) is 30.4 Å². The minimum Gasteiger partial charge on any atom is -0.495 e. The first-order chi connectivity index (χ1) is 19.4. The van der Waals surface area contributed by atoms with E-state index < -0.39 is 6.04 Å². The lowest BCUT2D eigenvalue weighted by Crippen LogP contribution is -2.41. The molecule has 1 atom stereocenters. The largest absolute Gasteiger partial charge is 0.495 e. The third-order valence-electron chi connectivity index (χ3n) is 6.34. The fourth-order valence-corrected chi connectivity index (χ4v) is 4.53. The van der Waals surface area contributed by atoms with Crippen molar-refractivity contribution in [1.82, 2.24) is 4.90 Å². The van der Waals surface area contributed by atoms with Crippen LogP contribution in [0.5, 0.6) is 5.75 Å². The lowest BCUT2D eigenvalue weighted by molar-refractivity contribution is -0.121. The predicted octanol–water partition coefficient (Wildman–Crippen LogP) is 5.56. The maximum absolute atomic E-state index is 13.6. The zero-order chi connectivity index (χ0) is 30.2. The first-order valence-electron chi connectivity index (χ1n) is 13.3. The topological polar surface area (TPSA) is 106 Å². The summed E-state index contributed by atoms with van der Waals surface area (Å²) in [4.78, 5) is 39.4. The Morgan fingerprint density at radius 2 is 1.95 bits per heavy atom. The highest BCUT2D eigenvalue weighted by atomic mass is 35.5. The van der Waals surface area contributed by atoms with Gasteiger partial charge in [0.05, 0.1) is 18.4 Å². The summed E-state index contributed by atoms with van der Waals surface area (Å²) in [7, 11) is 3.19. The summed E-state index contributed by atoms with van der Waals surface area (Å²) in [5.74, 6) is 0.474. The van der Waals surface area contributed by atoms with Crippen molar-refractivity contribution in [1.29, 1.82) is 0 Å². The molecule has 0 radical (unpaired) electrons. The molecule has 10 heteroatoms. The Morgan fingerprint density at radius 1 is 1.20 bits per heavy atom. The minimum atomic E-state index is -0.679. The zero-order valence-corrected chi connectivity index (χ0v) is 25.1. The number of carbonyl (C=O) groups is 3. The second kappa shape index (κ2) is 14.2. The number of ether oxygens (including phenoxy) is 3. The van der Waals surface area contributed by atoms with Crippen molar-refractivity contribution in [3.63, 3.8) is 0 Å². The molecule has 3 rings (SSSR count). The number of hydrogen-bond donors (Lipinski definition) is 2. The Bertz CT molecular complexity index is 1330. The number of anilines is 2. The van der Waals surface area contributed by atoms with Crippen molar-refractivity contribution in [3.8, 4) is 5.75 Å². The number of methoxy groups -OCH3 is 1. The number of Topliss-reactive ketones (excluding diaryl/α,β-unsaturated/α-hetero) is 1. The normalized spacial score (nSPS) is 14.2. The summed E-state index contributed by atoms with van der Waals surface area (Å²) < 4.78 is 17.3. The molecule has 0 aliphatic carbocycles. The fourth-order valence-electron chi connectivity index (χ4n) is 4.36. The van der Waals surface area contributed by atoms with Gasteiger partial charge < -0.3 is 29.7 Å². The molecule has 2 aromatic carbocycles. The summed E-state index contributed by atoms with van der Waals surface area (Å²) in [5.41, 5.74) is 2.26. The number of nitrogens with one attached hydrogen (secondary N) is 2. The van der Waals surface area contributed by atoms with Crippen LogP contribution in [0.1, 0.15) is 50.0 Å². The summed E-state index contributed by atoms with van der Waals surface area (Å²) in [6.45, 7) is 8.86. The predicted molar refractivity (Wildman–Crippen MR) is 162 cm³/mol. The van der Waals surface area contributed by atoms with Crippen LogP contribution in [0, 0.1) is 0 Å². The first kappa shape index (κ1) is 31.7. The third kappa shape index (κ3) is 8.83. The van der Waals surface area contributed by atoms with E-state index >= 15 is 0 Å². The SMILES string of the molecule is COC(=C/N(C)C(CCOC(C)(C)C)C(=O)Nc1ccc2c(c1)OCCN2)/C(=C\C=O)c1cc(Cl)ccc1C(C)=O. The van der Waals surface area contributed by atoms with E-state index in [2.05, 4.69) is 10.6 Å². The van der Waals surface area contributed by atoms with Crippen molar-refractivity contribution >= 4 is 46.5 Å². The number of nitrogens with zero attached hydrogens (tertiary/aromatic N) is 1. The summed E-state index contributed by atoms with van der Waals surface area (Å²) in [6, 6.07) is 9.60. The molecular weight excluding hydrogens is 546 g/mol. The van der Waals surface area contributed by atoms with E-state index in [-0.39, 0.29) is 23.1 Å². The van der Waals surface area contributed by atoms with Gasteiger partial charge in [0.25, 0.3) is 0 Å². The lowest BCUT2D eigenvalue weighted by Gasteiger charge is -2.29. The van der Waals surface area contributed by atoms with Crippen LogP contribution in [-0.4, -0.2) is 68.4 Å². The number of hydrogen-bond acceptors (Lipinski definition) is 8. The van der Waals surface area contributed by atoms with Gasteiger partial charge in [-0.15, -0.1) is 0 Å². The second-order valence-corrected chi connectivity index (χ2v) is 11.0. The number of rotatable bonds is 12. The van der Waals surface area contributed by atoms with E-state index in [1.165, 1.54) is 20.1 Å². The number of halogens is 1. The Hall–Kier alpha value is -3.82. The van der Waals surface area contributed by atoms with E-state index in [0.717, 1.165) is 12.2 Å². The van der Waals surface area contributed by atoms with Crippen molar-refractivity contribution in [2.24, 2.45) is 0 Å². The molecular formula is C31H38ClN3O6. The number of benzene rings is 2. The fraction of sp³-hybridized carbons (Fsp3) is 0.387. The van der Waals surface area contributed by atoms with Crippen LogP contribution in [-0.2, 0) is 19.1 Å². The molecule has 1 unspecified atom stereocenters. The highest BCUT2D eigenvalue weighted by Crippen LogP contribution is 2.32. The van der Waals surface area contributed by atoms with Crippen LogP contribution in [0.2, 0.25) is 5.02 Å². The first-order valence-corrected chi connectivity index (χ1v) is 13.7. The average Bonchev–Trinajstić information content (AvgIpc) is 2.92. The molecule has 2 N–H and O–H groups in total. The molecule has 2 aromatic rings. The lowest BCUT2D eigenvalue weighted by atomic mass is 9.95. The maximum atomic E-state index is 13.6. The van der Waals surface area contributed by atoms with Gasteiger partial charge in [0.2, 0.25) is 5.91 Å². The maximum Gasteiger partial charge on any atom is 0.247 e. The highest BCUT2D eigenvalue weighted by molar-refractivity contribution is 6.31. The number of carbonyl (C=O) groups excluding carboxylic acids is 3. The van der Waals surface area contributed by atoms with E-state index in [9.17, 15) is 14.4 Å². The third-order valence-corrected chi connectivity index (χ3v) is 6.57. The van der Waals surface area contributed by atoms with Crippen LogP contribution in [0.15, 0.2) is 54.4 Å². The monoisotopic (exact) mass is 583 g/mol. The van der Waals surface area contributed by atoms with Crippen molar-refractivity contribution in [2.75, 3.05) is 44.5 Å². The molecule has 1 heterocycles. The molecule has 0 fully saturated rings. The Morgan fingerprint density at radius 3 is 2.61 bits per heavy atom. The van der Waals surface area contributed by atoms with Crippen LogP contribution < -0.4 is 15.4 Å². The smallest absolute Gasteiger partial charge is 0.247 e. The molecule has 0 bridgehead atoms. The van der Waals surface area contributed by atoms with Crippen LogP contribution >= 0.6 is 11.6 Å². The van der Waals surface area contributed by atoms with Gasteiger partial charge in [0, 0.05) is 60.7 Å². The van der Waals surface area contributed by atoms with Gasteiger partial charge in [-0.1, -0.05) is 11.6 Å². The van der Waals surface area contributed by atoms with Crippen LogP contribution in [0.4, 0.5) is 11.4 Å². The Kier molecular flexibility index (Phi) is 11.0. The molecule has 220 valence electrons. The Balaban J connectivity index is 1.95. The number of likely N-dealkylation sites (N-methyl/N-ethyl adjacent to an activating group) is 1.